The lowest BCUT2D eigenvalue weighted by molar-refractivity contribution is -0.143. The van der Waals surface area contributed by atoms with E-state index in [1.807, 2.05) is 0 Å². The average Bonchev–Trinajstić information content (AvgIpc) is 2.87. The van der Waals surface area contributed by atoms with Crippen molar-refractivity contribution < 1.29 is 14.3 Å². The van der Waals surface area contributed by atoms with Crippen molar-refractivity contribution in [2.24, 2.45) is 0 Å². The molecule has 3 nitrogen and oxygen atoms in total. The second-order valence-electron chi connectivity index (χ2n) is 2.47. The Kier molecular flexibility index (Phi) is 5.60. The molecule has 1 saturated heterocycles. The molecule has 2 atom stereocenters. The van der Waals surface area contributed by atoms with Crippen molar-refractivity contribution in [3.63, 3.8) is 0 Å². The third-order valence-corrected chi connectivity index (χ3v) is 1.35. The van der Waals surface area contributed by atoms with Crippen LogP contribution in [-0.2, 0) is 14.3 Å². The highest BCUT2D eigenvalue weighted by atomic mass is 16.6. The Balaban J connectivity index is 0.000000424. The molecule has 0 radical (unpaired) electrons. The average molecular weight is 182 g/mol. The van der Waals surface area contributed by atoms with Crippen molar-refractivity contribution in [3.8, 4) is 0 Å². The van der Waals surface area contributed by atoms with Gasteiger partial charge in [-0.1, -0.05) is 19.7 Å². The summed E-state index contributed by atoms with van der Waals surface area (Å²) in [4.78, 5) is 10.6. The lowest BCUT2D eigenvalue weighted by atomic mass is 10.3. The Hall–Kier alpha value is -1.31. The van der Waals surface area contributed by atoms with Gasteiger partial charge in [0.25, 0.3) is 0 Å². The topological polar surface area (TPSA) is 38.8 Å². The van der Waals surface area contributed by atoms with Crippen LogP contribution in [-0.4, -0.2) is 24.8 Å². The molecule has 0 aliphatic carbocycles. The van der Waals surface area contributed by atoms with E-state index in [2.05, 4.69) is 25.5 Å². The maximum atomic E-state index is 10.6. The SMILES string of the molecule is C=C=C.C=CC(=O)OC(C)C1CO1. The molecule has 1 rings (SSSR count). The van der Waals surface area contributed by atoms with E-state index >= 15 is 0 Å². The summed E-state index contributed by atoms with van der Waals surface area (Å²) in [6.07, 6.45) is 1.13. The van der Waals surface area contributed by atoms with Gasteiger partial charge in [0.15, 0.2) is 0 Å². The second-order valence-corrected chi connectivity index (χ2v) is 2.47. The van der Waals surface area contributed by atoms with E-state index in [1.165, 1.54) is 0 Å². The van der Waals surface area contributed by atoms with Gasteiger partial charge < -0.3 is 9.47 Å². The third-order valence-electron chi connectivity index (χ3n) is 1.35. The molecule has 0 spiro atoms. The number of carbonyl (C=O) groups excluding carboxylic acids is 1. The minimum atomic E-state index is -0.386. The van der Waals surface area contributed by atoms with E-state index in [-0.39, 0.29) is 18.2 Å². The van der Waals surface area contributed by atoms with Gasteiger partial charge in [-0.3, -0.25) is 0 Å². The summed E-state index contributed by atoms with van der Waals surface area (Å²) >= 11 is 0. The number of epoxide rings is 1. The van der Waals surface area contributed by atoms with E-state index in [9.17, 15) is 4.79 Å². The maximum absolute atomic E-state index is 10.6. The molecule has 0 aromatic rings. The molecule has 0 aromatic carbocycles. The van der Waals surface area contributed by atoms with Gasteiger partial charge in [0.05, 0.1) is 6.61 Å². The molecule has 13 heavy (non-hydrogen) atoms. The standard InChI is InChI=1S/C7H10O3.C3H4/c1-3-7(8)10-5(2)6-4-9-6;1-3-2/h3,5-6H,1,4H2,2H3;1-2H2. The summed E-state index contributed by atoms with van der Waals surface area (Å²) in [7, 11) is 0. The fraction of sp³-hybridized carbons (Fsp3) is 0.400. The first kappa shape index (κ1) is 11.7. The Morgan fingerprint density at radius 3 is 2.54 bits per heavy atom. The molecule has 0 saturated carbocycles. The summed E-state index contributed by atoms with van der Waals surface area (Å²) in [5.41, 5.74) is 2.25. The predicted octanol–water partition coefficient (Wildman–Crippen LogP) is 1.46. The van der Waals surface area contributed by atoms with Gasteiger partial charge in [-0.2, -0.15) is 0 Å². The van der Waals surface area contributed by atoms with Crippen LogP contribution < -0.4 is 0 Å². The van der Waals surface area contributed by atoms with Crippen LogP contribution in [0.15, 0.2) is 31.5 Å². The van der Waals surface area contributed by atoms with Gasteiger partial charge in [-0.25, -0.2) is 4.79 Å². The minimum absolute atomic E-state index is 0.115. The zero-order valence-corrected chi connectivity index (χ0v) is 7.79. The van der Waals surface area contributed by atoms with E-state index < -0.39 is 0 Å². The normalized spacial score (nSPS) is 19.9. The number of rotatable bonds is 3. The van der Waals surface area contributed by atoms with Gasteiger partial charge >= 0.3 is 5.97 Å². The van der Waals surface area contributed by atoms with Crippen molar-refractivity contribution in [2.45, 2.75) is 19.1 Å². The number of esters is 1. The van der Waals surface area contributed by atoms with Crippen LogP contribution >= 0.6 is 0 Å². The molecular weight excluding hydrogens is 168 g/mol. The fourth-order valence-corrected chi connectivity index (χ4v) is 0.634. The monoisotopic (exact) mass is 182 g/mol. The summed E-state index contributed by atoms with van der Waals surface area (Å²) in [6.45, 7) is 12.0. The quantitative estimate of drug-likeness (QED) is 0.287. The van der Waals surface area contributed by atoms with Gasteiger partial charge in [0.2, 0.25) is 0 Å². The fourth-order valence-electron chi connectivity index (χ4n) is 0.634. The molecule has 1 aliphatic heterocycles. The van der Waals surface area contributed by atoms with Gasteiger partial charge in [-0.05, 0) is 6.92 Å². The second kappa shape index (κ2) is 6.23. The highest BCUT2D eigenvalue weighted by Crippen LogP contribution is 2.16. The van der Waals surface area contributed by atoms with Crippen LogP contribution in [0.5, 0.6) is 0 Å². The highest BCUT2D eigenvalue weighted by Gasteiger charge is 2.31. The van der Waals surface area contributed by atoms with Crippen LogP contribution in [0, 0.1) is 0 Å². The van der Waals surface area contributed by atoms with Gasteiger partial charge in [0.1, 0.15) is 12.2 Å². The van der Waals surface area contributed by atoms with Crippen molar-refractivity contribution in [1.29, 1.82) is 0 Å². The van der Waals surface area contributed by atoms with Crippen molar-refractivity contribution in [3.05, 3.63) is 31.5 Å². The van der Waals surface area contributed by atoms with Crippen LogP contribution in [0.3, 0.4) is 0 Å². The van der Waals surface area contributed by atoms with Gasteiger partial charge in [0, 0.05) is 6.08 Å². The Bertz CT molecular complexity index is 210. The van der Waals surface area contributed by atoms with Crippen molar-refractivity contribution in [2.75, 3.05) is 6.61 Å². The largest absolute Gasteiger partial charge is 0.457 e. The first-order valence-corrected chi connectivity index (χ1v) is 3.89. The molecule has 3 heteroatoms. The van der Waals surface area contributed by atoms with E-state index in [0.717, 1.165) is 6.08 Å². The zero-order chi connectivity index (χ0) is 10.3. The van der Waals surface area contributed by atoms with Crippen LogP contribution in [0.25, 0.3) is 0 Å². The molecule has 0 bridgehead atoms. The highest BCUT2D eigenvalue weighted by molar-refractivity contribution is 5.81. The molecule has 1 aliphatic rings. The Morgan fingerprint density at radius 1 is 1.77 bits per heavy atom. The van der Waals surface area contributed by atoms with E-state index in [4.69, 9.17) is 9.47 Å². The van der Waals surface area contributed by atoms with Crippen molar-refractivity contribution in [1.82, 2.24) is 0 Å². The predicted molar refractivity (Wildman–Crippen MR) is 50.3 cm³/mol. The first-order valence-electron chi connectivity index (χ1n) is 3.89. The number of carbonyl (C=O) groups is 1. The molecule has 1 heterocycles. The van der Waals surface area contributed by atoms with Crippen molar-refractivity contribution >= 4 is 5.97 Å². The summed E-state index contributed by atoms with van der Waals surface area (Å²) in [6, 6.07) is 0. The smallest absolute Gasteiger partial charge is 0.330 e. The maximum Gasteiger partial charge on any atom is 0.330 e. The third kappa shape index (κ3) is 5.91. The molecule has 2 unspecified atom stereocenters. The first-order chi connectivity index (χ1) is 6.15. The molecule has 1 fully saturated rings. The van der Waals surface area contributed by atoms with E-state index in [1.54, 1.807) is 6.92 Å². The lowest BCUT2D eigenvalue weighted by Crippen LogP contribution is -2.18. The minimum Gasteiger partial charge on any atom is -0.457 e. The summed E-state index contributed by atoms with van der Waals surface area (Å²) < 4.78 is 9.75. The van der Waals surface area contributed by atoms with Crippen LogP contribution in [0.4, 0.5) is 0 Å². The van der Waals surface area contributed by atoms with Gasteiger partial charge in [-0.15, -0.1) is 5.73 Å². The molecule has 72 valence electrons. The Labute approximate surface area is 78.3 Å². The Morgan fingerprint density at radius 2 is 2.23 bits per heavy atom. The molecule has 0 aromatic heterocycles. The zero-order valence-electron chi connectivity index (χ0n) is 7.79. The molecule has 0 amide bonds. The summed E-state index contributed by atoms with van der Waals surface area (Å²) in [5.74, 6) is -0.386. The lowest BCUT2D eigenvalue weighted by Gasteiger charge is -2.06. The number of hydrogen-bond donors (Lipinski definition) is 0. The summed E-state index contributed by atoms with van der Waals surface area (Å²) in [5, 5.41) is 0. The van der Waals surface area contributed by atoms with Crippen LogP contribution in [0.1, 0.15) is 6.92 Å². The van der Waals surface area contributed by atoms with Crippen LogP contribution in [0.2, 0.25) is 0 Å². The number of hydrogen-bond acceptors (Lipinski definition) is 3. The van der Waals surface area contributed by atoms with E-state index in [0.29, 0.717) is 6.61 Å². The molecular formula is C10H14O3. The number of ether oxygens (including phenoxy) is 2. The molecule has 0 N–H and O–H groups in total.